The number of ether oxygens (including phenoxy) is 2. The highest BCUT2D eigenvalue weighted by Gasteiger charge is 2.12. The molecule has 5 heteroatoms. The van der Waals surface area contributed by atoms with Gasteiger partial charge in [-0.05, 0) is 29.8 Å². The molecular weight excluding hydrogens is 272 g/mol. The molecule has 0 aliphatic carbocycles. The van der Waals surface area contributed by atoms with Crippen molar-refractivity contribution in [2.24, 2.45) is 0 Å². The summed E-state index contributed by atoms with van der Waals surface area (Å²) in [5.74, 6) is -0.191. The molecule has 0 spiro atoms. The summed E-state index contributed by atoms with van der Waals surface area (Å²) in [7, 11) is 0. The molecule has 0 heterocycles. The standard InChI is InChI=1S/C16H16O5/c1-2-11-6-8-12(9-7-11)20-10-15(18)21-14-5-3-4-13(17)16(14)19/h2-9,15,17-19H,1,10H2. The topological polar surface area (TPSA) is 79.2 Å². The number of para-hydroxylation sites is 1. The summed E-state index contributed by atoms with van der Waals surface area (Å²) < 4.78 is 10.5. The van der Waals surface area contributed by atoms with Crippen LogP contribution < -0.4 is 9.47 Å². The highest BCUT2D eigenvalue weighted by atomic mass is 16.6. The lowest BCUT2D eigenvalue weighted by Gasteiger charge is -2.15. The third-order valence-electron chi connectivity index (χ3n) is 2.75. The van der Waals surface area contributed by atoms with Crippen molar-refractivity contribution >= 4 is 6.08 Å². The minimum absolute atomic E-state index is 0.0203. The third-order valence-corrected chi connectivity index (χ3v) is 2.75. The zero-order valence-corrected chi connectivity index (χ0v) is 11.3. The number of aromatic hydroxyl groups is 2. The van der Waals surface area contributed by atoms with Gasteiger partial charge < -0.3 is 24.8 Å². The largest absolute Gasteiger partial charge is 0.504 e. The molecule has 0 aromatic heterocycles. The van der Waals surface area contributed by atoms with E-state index in [1.54, 1.807) is 18.2 Å². The van der Waals surface area contributed by atoms with Gasteiger partial charge in [-0.1, -0.05) is 30.9 Å². The lowest BCUT2D eigenvalue weighted by molar-refractivity contribution is -0.0492. The van der Waals surface area contributed by atoms with Crippen molar-refractivity contribution in [1.82, 2.24) is 0 Å². The fraction of sp³-hybridized carbons (Fsp3) is 0.125. The van der Waals surface area contributed by atoms with Gasteiger partial charge in [-0.2, -0.15) is 0 Å². The van der Waals surface area contributed by atoms with Crippen molar-refractivity contribution in [3.63, 3.8) is 0 Å². The molecule has 0 fully saturated rings. The van der Waals surface area contributed by atoms with Crippen LogP contribution in [-0.2, 0) is 0 Å². The quantitative estimate of drug-likeness (QED) is 0.562. The number of rotatable bonds is 6. The van der Waals surface area contributed by atoms with E-state index in [1.165, 1.54) is 18.2 Å². The van der Waals surface area contributed by atoms with Gasteiger partial charge in [-0.25, -0.2) is 0 Å². The number of aliphatic hydroxyl groups is 1. The first kappa shape index (κ1) is 14.7. The molecule has 5 nitrogen and oxygen atoms in total. The van der Waals surface area contributed by atoms with Crippen molar-refractivity contribution < 1.29 is 24.8 Å². The van der Waals surface area contributed by atoms with Crippen LogP contribution in [0.15, 0.2) is 49.0 Å². The van der Waals surface area contributed by atoms with E-state index in [2.05, 4.69) is 6.58 Å². The normalized spacial score (nSPS) is 11.7. The molecule has 21 heavy (non-hydrogen) atoms. The summed E-state index contributed by atoms with van der Waals surface area (Å²) in [6.45, 7) is 3.53. The summed E-state index contributed by atoms with van der Waals surface area (Å²) in [5, 5.41) is 28.6. The lowest BCUT2D eigenvalue weighted by Crippen LogP contribution is -2.24. The van der Waals surface area contributed by atoms with E-state index in [-0.39, 0.29) is 18.1 Å². The molecule has 0 radical (unpaired) electrons. The van der Waals surface area contributed by atoms with E-state index in [1.807, 2.05) is 12.1 Å². The molecule has 0 saturated heterocycles. The fourth-order valence-electron chi connectivity index (χ4n) is 1.65. The van der Waals surface area contributed by atoms with Crippen LogP contribution in [0, 0.1) is 0 Å². The highest BCUT2D eigenvalue weighted by Crippen LogP contribution is 2.34. The predicted molar refractivity (Wildman–Crippen MR) is 78.4 cm³/mol. The van der Waals surface area contributed by atoms with Gasteiger partial charge in [0.25, 0.3) is 0 Å². The molecule has 2 rings (SSSR count). The minimum atomic E-state index is -1.28. The summed E-state index contributed by atoms with van der Waals surface area (Å²) >= 11 is 0. The van der Waals surface area contributed by atoms with E-state index in [4.69, 9.17) is 9.47 Å². The maximum absolute atomic E-state index is 9.72. The molecule has 0 aliphatic heterocycles. The summed E-state index contributed by atoms with van der Waals surface area (Å²) in [6, 6.07) is 11.4. The Morgan fingerprint density at radius 3 is 2.48 bits per heavy atom. The van der Waals surface area contributed by atoms with E-state index < -0.39 is 12.0 Å². The molecule has 1 atom stereocenters. The van der Waals surface area contributed by atoms with Crippen LogP contribution in [0.4, 0.5) is 0 Å². The molecule has 3 N–H and O–H groups in total. The molecule has 2 aromatic rings. The van der Waals surface area contributed by atoms with E-state index in [0.29, 0.717) is 5.75 Å². The second-order valence-corrected chi connectivity index (χ2v) is 4.28. The van der Waals surface area contributed by atoms with Crippen LogP contribution in [-0.4, -0.2) is 28.2 Å². The van der Waals surface area contributed by atoms with Gasteiger partial charge in [-0.3, -0.25) is 0 Å². The number of benzene rings is 2. The number of phenols is 2. The molecule has 0 amide bonds. The Morgan fingerprint density at radius 1 is 1.10 bits per heavy atom. The van der Waals surface area contributed by atoms with Crippen molar-refractivity contribution in [2.45, 2.75) is 6.29 Å². The van der Waals surface area contributed by atoms with Gasteiger partial charge in [0.2, 0.25) is 12.0 Å². The third kappa shape index (κ3) is 3.90. The van der Waals surface area contributed by atoms with Gasteiger partial charge in [0, 0.05) is 0 Å². The lowest BCUT2D eigenvalue weighted by atomic mass is 10.2. The molecule has 0 aliphatic rings. The highest BCUT2D eigenvalue weighted by molar-refractivity contribution is 5.49. The minimum Gasteiger partial charge on any atom is -0.504 e. The van der Waals surface area contributed by atoms with Crippen LogP contribution in [0.3, 0.4) is 0 Å². The Hall–Kier alpha value is -2.66. The van der Waals surface area contributed by atoms with E-state index in [9.17, 15) is 15.3 Å². The van der Waals surface area contributed by atoms with Crippen LogP contribution in [0.2, 0.25) is 0 Å². The number of hydrogen-bond acceptors (Lipinski definition) is 5. The molecule has 110 valence electrons. The first-order valence-corrected chi connectivity index (χ1v) is 6.31. The fourth-order valence-corrected chi connectivity index (χ4v) is 1.65. The summed E-state index contributed by atoms with van der Waals surface area (Å²) in [4.78, 5) is 0. The van der Waals surface area contributed by atoms with Crippen molar-refractivity contribution in [3.05, 3.63) is 54.6 Å². The Labute approximate surface area is 122 Å². The van der Waals surface area contributed by atoms with Crippen LogP contribution in [0.5, 0.6) is 23.0 Å². The van der Waals surface area contributed by atoms with Gasteiger partial charge in [0.05, 0.1) is 0 Å². The SMILES string of the molecule is C=Cc1ccc(OCC(O)Oc2cccc(O)c2O)cc1. The second kappa shape index (κ2) is 6.67. The van der Waals surface area contributed by atoms with E-state index >= 15 is 0 Å². The first-order valence-electron chi connectivity index (χ1n) is 6.31. The van der Waals surface area contributed by atoms with Gasteiger partial charge >= 0.3 is 0 Å². The molecule has 2 aromatic carbocycles. The van der Waals surface area contributed by atoms with Crippen molar-refractivity contribution in [1.29, 1.82) is 0 Å². The number of hydrogen-bond donors (Lipinski definition) is 3. The van der Waals surface area contributed by atoms with E-state index in [0.717, 1.165) is 5.56 Å². The first-order chi connectivity index (χ1) is 10.1. The van der Waals surface area contributed by atoms with Crippen LogP contribution >= 0.6 is 0 Å². The van der Waals surface area contributed by atoms with Gasteiger partial charge in [-0.15, -0.1) is 0 Å². The Morgan fingerprint density at radius 2 is 1.81 bits per heavy atom. The Kier molecular flexibility index (Phi) is 4.68. The summed E-state index contributed by atoms with van der Waals surface area (Å²) in [5.41, 5.74) is 0.962. The molecule has 1 unspecified atom stereocenters. The number of aliphatic hydroxyl groups excluding tert-OH is 1. The van der Waals surface area contributed by atoms with Crippen LogP contribution in [0.1, 0.15) is 5.56 Å². The maximum atomic E-state index is 9.72. The molecular formula is C16H16O5. The average Bonchev–Trinajstić information content (AvgIpc) is 2.50. The zero-order valence-electron chi connectivity index (χ0n) is 11.3. The molecule has 0 bridgehead atoms. The summed E-state index contributed by atoms with van der Waals surface area (Å²) in [6.07, 6.45) is 0.434. The maximum Gasteiger partial charge on any atom is 0.232 e. The van der Waals surface area contributed by atoms with Gasteiger partial charge in [0.15, 0.2) is 18.1 Å². The molecule has 0 saturated carbocycles. The number of phenolic OH excluding ortho intramolecular Hbond substituents is 2. The van der Waals surface area contributed by atoms with Crippen molar-refractivity contribution in [2.75, 3.05) is 6.61 Å². The van der Waals surface area contributed by atoms with Crippen molar-refractivity contribution in [3.8, 4) is 23.0 Å². The smallest absolute Gasteiger partial charge is 0.232 e. The monoisotopic (exact) mass is 288 g/mol. The average molecular weight is 288 g/mol. The Bertz CT molecular complexity index is 607. The zero-order chi connectivity index (χ0) is 15.2. The Balaban J connectivity index is 1.90. The van der Waals surface area contributed by atoms with Gasteiger partial charge in [0.1, 0.15) is 5.75 Å². The predicted octanol–water partition coefficient (Wildman–Crippen LogP) is 2.52. The van der Waals surface area contributed by atoms with Crippen LogP contribution in [0.25, 0.3) is 6.08 Å². The second-order valence-electron chi connectivity index (χ2n) is 4.28.